The maximum Gasteiger partial charge on any atom is 0.228 e. The van der Waals surface area contributed by atoms with Gasteiger partial charge in [0.05, 0.1) is 19.1 Å². The number of nitrogens with zero attached hydrogens (tertiary/aromatic N) is 7. The van der Waals surface area contributed by atoms with Crippen molar-refractivity contribution in [1.82, 2.24) is 20.0 Å². The molecule has 2 amide bonds. The first-order valence-electron chi connectivity index (χ1n) is 14.5. The molecule has 5 heterocycles. The van der Waals surface area contributed by atoms with Crippen molar-refractivity contribution in [3.63, 3.8) is 0 Å². The van der Waals surface area contributed by atoms with Gasteiger partial charge in [-0.3, -0.25) is 14.5 Å². The van der Waals surface area contributed by atoms with Crippen LogP contribution in [0.2, 0.25) is 0 Å². The van der Waals surface area contributed by atoms with Gasteiger partial charge in [0.15, 0.2) is 11.6 Å². The summed E-state index contributed by atoms with van der Waals surface area (Å²) in [5, 5.41) is 9.07. The minimum Gasteiger partial charge on any atom is -0.497 e. The molecule has 0 saturated carbocycles. The molecule has 11 nitrogen and oxygen atoms in total. The van der Waals surface area contributed by atoms with E-state index in [1.165, 1.54) is 12.8 Å². The molecule has 4 aliphatic heterocycles. The van der Waals surface area contributed by atoms with Gasteiger partial charge in [-0.2, -0.15) is 0 Å². The number of carbonyl (C=O) groups excluding carboxylic acids is 2. The third-order valence-electron chi connectivity index (χ3n) is 8.59. The lowest BCUT2D eigenvalue weighted by molar-refractivity contribution is -0.136. The largest absolute Gasteiger partial charge is 0.497 e. The predicted octanol–water partition coefficient (Wildman–Crippen LogP) is 1.49. The van der Waals surface area contributed by atoms with Crippen LogP contribution in [0.15, 0.2) is 36.4 Å². The molecule has 0 aliphatic carbocycles. The summed E-state index contributed by atoms with van der Waals surface area (Å²) in [4.78, 5) is 36.5. The van der Waals surface area contributed by atoms with E-state index in [2.05, 4.69) is 31.0 Å². The summed E-state index contributed by atoms with van der Waals surface area (Å²) < 4.78 is 11.0. The summed E-state index contributed by atoms with van der Waals surface area (Å²) >= 11 is 0. The van der Waals surface area contributed by atoms with Gasteiger partial charge in [0.2, 0.25) is 11.8 Å². The van der Waals surface area contributed by atoms with Crippen molar-refractivity contribution in [2.24, 2.45) is 5.92 Å². The van der Waals surface area contributed by atoms with Crippen LogP contribution in [0, 0.1) is 5.92 Å². The first kappa shape index (κ1) is 26.8. The third kappa shape index (κ3) is 5.85. The number of benzene rings is 1. The second-order valence-electron chi connectivity index (χ2n) is 11.1. The van der Waals surface area contributed by atoms with Crippen LogP contribution < -0.4 is 19.4 Å². The lowest BCUT2D eigenvalue weighted by Gasteiger charge is -2.37. The third-order valence-corrected chi connectivity index (χ3v) is 8.59. The number of anilines is 3. The highest BCUT2D eigenvalue weighted by Crippen LogP contribution is 2.28. The van der Waals surface area contributed by atoms with Crippen LogP contribution in [0.25, 0.3) is 0 Å². The molecule has 4 saturated heterocycles. The van der Waals surface area contributed by atoms with Gasteiger partial charge in [-0.05, 0) is 49.2 Å². The number of aromatic nitrogens is 2. The standard InChI is InChI=1S/C29H39N7O4/c1-39-24-6-4-23(5-7-24)36-20-22(19-28(36)37)29(38)35-16-14-34(15-17-35)27-9-8-26(30-31-27)33-12-10-32(11-13-33)21-25-3-2-18-40-25/h4-9,22,25H,2-3,10-21H2,1H3. The Bertz CT molecular complexity index is 1160. The van der Waals surface area contributed by atoms with Gasteiger partial charge in [0, 0.05) is 84.2 Å². The lowest BCUT2D eigenvalue weighted by atomic mass is 10.1. The van der Waals surface area contributed by atoms with E-state index in [-0.39, 0.29) is 24.2 Å². The topological polar surface area (TPSA) is 94.6 Å². The van der Waals surface area contributed by atoms with E-state index in [0.29, 0.717) is 38.8 Å². The van der Waals surface area contributed by atoms with Crippen LogP contribution >= 0.6 is 0 Å². The number of hydrogen-bond acceptors (Lipinski definition) is 9. The minimum atomic E-state index is -0.314. The van der Waals surface area contributed by atoms with E-state index >= 15 is 0 Å². The molecule has 11 heteroatoms. The van der Waals surface area contributed by atoms with E-state index in [4.69, 9.17) is 9.47 Å². The molecule has 2 aromatic rings. The second-order valence-corrected chi connectivity index (χ2v) is 11.1. The molecule has 0 bridgehead atoms. The van der Waals surface area contributed by atoms with Crippen LogP contribution in [-0.4, -0.2) is 117 Å². The van der Waals surface area contributed by atoms with Crippen LogP contribution in [0.3, 0.4) is 0 Å². The Labute approximate surface area is 235 Å². The van der Waals surface area contributed by atoms with Crippen molar-refractivity contribution in [3.8, 4) is 5.75 Å². The number of rotatable bonds is 7. The molecule has 4 aliphatic rings. The molecular formula is C29H39N7O4. The number of piperazine rings is 2. The smallest absolute Gasteiger partial charge is 0.228 e. The Morgan fingerprint density at radius 3 is 2.15 bits per heavy atom. The summed E-state index contributed by atoms with van der Waals surface area (Å²) in [6, 6.07) is 11.5. The van der Waals surface area contributed by atoms with Gasteiger partial charge in [0.25, 0.3) is 0 Å². The molecule has 6 rings (SSSR count). The molecule has 2 unspecified atom stereocenters. The molecule has 0 N–H and O–H groups in total. The highest BCUT2D eigenvalue weighted by Gasteiger charge is 2.38. The minimum absolute atomic E-state index is 0.0123. The molecule has 40 heavy (non-hydrogen) atoms. The number of ether oxygens (including phenoxy) is 2. The summed E-state index contributed by atoms with van der Waals surface area (Å²) in [5.41, 5.74) is 0.800. The Morgan fingerprint density at radius 2 is 1.57 bits per heavy atom. The highest BCUT2D eigenvalue weighted by molar-refractivity contribution is 6.00. The zero-order valence-corrected chi connectivity index (χ0v) is 23.3. The zero-order chi connectivity index (χ0) is 27.5. The Morgan fingerprint density at radius 1 is 0.925 bits per heavy atom. The molecule has 0 radical (unpaired) electrons. The Hall–Kier alpha value is -3.44. The second kappa shape index (κ2) is 12.0. The number of methoxy groups -OCH3 is 1. The fourth-order valence-corrected chi connectivity index (χ4v) is 6.19. The van der Waals surface area contributed by atoms with Crippen molar-refractivity contribution in [1.29, 1.82) is 0 Å². The number of carbonyl (C=O) groups is 2. The molecule has 1 aromatic carbocycles. The van der Waals surface area contributed by atoms with Crippen molar-refractivity contribution >= 4 is 29.1 Å². The summed E-state index contributed by atoms with van der Waals surface area (Å²) in [6.45, 7) is 8.91. The van der Waals surface area contributed by atoms with Crippen molar-refractivity contribution in [3.05, 3.63) is 36.4 Å². The van der Waals surface area contributed by atoms with Crippen molar-refractivity contribution < 1.29 is 19.1 Å². The quantitative estimate of drug-likeness (QED) is 0.509. The molecule has 4 fully saturated rings. The summed E-state index contributed by atoms with van der Waals surface area (Å²) in [6.07, 6.45) is 3.01. The van der Waals surface area contributed by atoms with Crippen LogP contribution in [-0.2, 0) is 14.3 Å². The summed E-state index contributed by atoms with van der Waals surface area (Å²) in [7, 11) is 1.61. The molecule has 0 spiro atoms. The lowest BCUT2D eigenvalue weighted by Crippen LogP contribution is -2.51. The summed E-state index contributed by atoms with van der Waals surface area (Å²) in [5.74, 6) is 2.23. The average molecular weight is 550 g/mol. The molecular weight excluding hydrogens is 510 g/mol. The molecule has 2 atom stereocenters. The maximum absolute atomic E-state index is 13.3. The molecule has 1 aromatic heterocycles. The van der Waals surface area contributed by atoms with Crippen molar-refractivity contribution in [2.75, 3.05) is 93.9 Å². The van der Waals surface area contributed by atoms with Gasteiger partial charge < -0.3 is 29.1 Å². The van der Waals surface area contributed by atoms with Gasteiger partial charge in [-0.15, -0.1) is 10.2 Å². The predicted molar refractivity (Wildman–Crippen MR) is 152 cm³/mol. The first-order chi connectivity index (χ1) is 19.6. The van der Waals surface area contributed by atoms with E-state index in [1.54, 1.807) is 12.0 Å². The molecule has 214 valence electrons. The van der Waals surface area contributed by atoms with E-state index in [0.717, 1.165) is 62.4 Å². The van der Waals surface area contributed by atoms with Crippen LogP contribution in [0.5, 0.6) is 5.75 Å². The van der Waals surface area contributed by atoms with Crippen LogP contribution in [0.4, 0.5) is 17.3 Å². The average Bonchev–Trinajstić information content (AvgIpc) is 3.67. The first-order valence-corrected chi connectivity index (χ1v) is 14.5. The van der Waals surface area contributed by atoms with Gasteiger partial charge in [-0.25, -0.2) is 0 Å². The monoisotopic (exact) mass is 549 g/mol. The van der Waals surface area contributed by atoms with Gasteiger partial charge in [-0.1, -0.05) is 0 Å². The Kier molecular flexibility index (Phi) is 8.01. The SMILES string of the molecule is COc1ccc(N2CC(C(=O)N3CCN(c4ccc(N5CCN(CC6CCCO6)CC5)nn4)CC3)CC2=O)cc1. The van der Waals surface area contributed by atoms with E-state index < -0.39 is 0 Å². The fraction of sp³-hybridized carbons (Fsp3) is 0.586. The zero-order valence-electron chi connectivity index (χ0n) is 23.3. The Balaban J connectivity index is 0.968. The fourth-order valence-electron chi connectivity index (χ4n) is 6.19. The normalized spacial score (nSPS) is 24.2. The number of hydrogen-bond donors (Lipinski definition) is 0. The van der Waals surface area contributed by atoms with Crippen LogP contribution in [0.1, 0.15) is 19.3 Å². The van der Waals surface area contributed by atoms with Crippen molar-refractivity contribution in [2.45, 2.75) is 25.4 Å². The van der Waals surface area contributed by atoms with Gasteiger partial charge in [0.1, 0.15) is 5.75 Å². The van der Waals surface area contributed by atoms with E-state index in [1.807, 2.05) is 35.2 Å². The highest BCUT2D eigenvalue weighted by atomic mass is 16.5. The van der Waals surface area contributed by atoms with E-state index in [9.17, 15) is 9.59 Å². The number of amides is 2. The maximum atomic E-state index is 13.3. The van der Waals surface area contributed by atoms with Gasteiger partial charge >= 0.3 is 0 Å².